The molecule has 2 heterocycles. The van der Waals surface area contributed by atoms with Gasteiger partial charge in [0.2, 0.25) is 5.91 Å². The summed E-state index contributed by atoms with van der Waals surface area (Å²) in [6.45, 7) is 5.54. The summed E-state index contributed by atoms with van der Waals surface area (Å²) in [5.41, 5.74) is 1.98. The highest BCUT2D eigenvalue weighted by atomic mass is 35.5. The van der Waals surface area contributed by atoms with E-state index in [2.05, 4.69) is 16.3 Å². The lowest BCUT2D eigenvalue weighted by molar-refractivity contribution is -0.119. The van der Waals surface area contributed by atoms with Crippen LogP contribution in [0.3, 0.4) is 0 Å². The molecule has 2 atom stereocenters. The molecule has 3 aromatic rings. The quantitative estimate of drug-likeness (QED) is 0.353. The third-order valence-corrected chi connectivity index (χ3v) is 7.60. The number of aromatic nitrogens is 1. The van der Waals surface area contributed by atoms with Crippen molar-refractivity contribution in [2.24, 2.45) is 0 Å². The van der Waals surface area contributed by atoms with Gasteiger partial charge in [-0.25, -0.2) is 4.79 Å². The molecule has 2 aromatic carbocycles. The molecule has 4 rings (SSSR count). The maximum Gasteiger partial charge on any atom is 0.336 e. The number of ether oxygens (including phenoxy) is 1. The van der Waals surface area contributed by atoms with Crippen molar-refractivity contribution in [3.05, 3.63) is 80.7 Å². The molecule has 9 nitrogen and oxygen atoms in total. The molecular formula is C30H31ClN4O5. The van der Waals surface area contributed by atoms with Crippen LogP contribution < -0.4 is 15.6 Å². The lowest BCUT2D eigenvalue weighted by Gasteiger charge is -2.26. The van der Waals surface area contributed by atoms with Crippen molar-refractivity contribution in [1.29, 1.82) is 5.26 Å². The molecule has 0 bridgehead atoms. The summed E-state index contributed by atoms with van der Waals surface area (Å²) in [5, 5.41) is 22.6. The molecule has 0 aliphatic carbocycles. The molecule has 1 aliphatic rings. The number of anilines is 1. The Hall–Kier alpha value is -4.13. The van der Waals surface area contributed by atoms with Gasteiger partial charge in [-0.3, -0.25) is 19.1 Å². The number of amides is 1. The number of methoxy groups -OCH3 is 1. The molecule has 1 aliphatic heterocycles. The first kappa shape index (κ1) is 28.9. The first-order valence-electron chi connectivity index (χ1n) is 13.1. The number of halogens is 1. The van der Waals surface area contributed by atoms with Gasteiger partial charge in [0.15, 0.2) is 0 Å². The summed E-state index contributed by atoms with van der Waals surface area (Å²) >= 11 is 6.15. The van der Waals surface area contributed by atoms with E-state index in [0.717, 1.165) is 25.9 Å². The molecule has 0 radical (unpaired) electrons. The van der Waals surface area contributed by atoms with Gasteiger partial charge in [0.05, 0.1) is 30.5 Å². The molecule has 208 valence electrons. The Morgan fingerprint density at radius 1 is 1.15 bits per heavy atom. The van der Waals surface area contributed by atoms with Gasteiger partial charge in [0, 0.05) is 33.9 Å². The summed E-state index contributed by atoms with van der Waals surface area (Å²) in [6.07, 6.45) is 3.89. The normalized spacial score (nSPS) is 14.8. The average Bonchev–Trinajstić information content (AvgIpc) is 3.48. The number of carbonyl (C=O) groups is 2. The predicted molar refractivity (Wildman–Crippen MR) is 153 cm³/mol. The minimum absolute atomic E-state index is 0.128. The maximum absolute atomic E-state index is 13.5. The van der Waals surface area contributed by atoms with E-state index in [0.29, 0.717) is 45.1 Å². The number of nitrogens with one attached hydrogen (secondary N) is 1. The lowest BCUT2D eigenvalue weighted by Crippen LogP contribution is -2.33. The minimum Gasteiger partial charge on any atom is -0.495 e. The molecule has 2 unspecified atom stereocenters. The van der Waals surface area contributed by atoms with E-state index >= 15 is 0 Å². The summed E-state index contributed by atoms with van der Waals surface area (Å²) < 4.78 is 6.85. The van der Waals surface area contributed by atoms with Crippen molar-refractivity contribution < 1.29 is 19.4 Å². The predicted octanol–water partition coefficient (Wildman–Crippen LogP) is 5.49. The van der Waals surface area contributed by atoms with Crippen LogP contribution in [-0.4, -0.2) is 46.6 Å². The fourth-order valence-corrected chi connectivity index (χ4v) is 5.39. The SMILES string of the molecule is CCC(C(=O)Nc1ccc(C(=O)O)c(C(C)N2CCCC2)c1)n1cc(OC)c(-c2cc(Cl)ccc2C#N)cc1=O. The highest BCUT2D eigenvalue weighted by Gasteiger charge is 2.26. The van der Waals surface area contributed by atoms with Gasteiger partial charge in [-0.2, -0.15) is 5.26 Å². The Bertz CT molecular complexity index is 1540. The summed E-state index contributed by atoms with van der Waals surface area (Å²) in [7, 11) is 1.44. The van der Waals surface area contributed by atoms with Crippen molar-refractivity contribution in [3.8, 4) is 22.9 Å². The second kappa shape index (κ2) is 12.4. The van der Waals surface area contributed by atoms with E-state index < -0.39 is 23.5 Å². The smallest absolute Gasteiger partial charge is 0.336 e. The number of likely N-dealkylation sites (tertiary alicyclic amines) is 1. The van der Waals surface area contributed by atoms with E-state index in [1.54, 1.807) is 37.3 Å². The zero-order valence-electron chi connectivity index (χ0n) is 22.6. The Morgan fingerprint density at radius 3 is 2.50 bits per heavy atom. The van der Waals surface area contributed by atoms with Crippen molar-refractivity contribution in [2.45, 2.75) is 45.2 Å². The number of rotatable bonds is 9. The lowest BCUT2D eigenvalue weighted by atomic mass is 9.99. The van der Waals surface area contributed by atoms with E-state index in [4.69, 9.17) is 16.3 Å². The van der Waals surface area contributed by atoms with Crippen molar-refractivity contribution in [2.75, 3.05) is 25.5 Å². The highest BCUT2D eigenvalue weighted by molar-refractivity contribution is 6.31. The standard InChI is InChI=1S/C30H31ClN4O5/c1-4-26(35-17-27(40-3)25(15-28(35)36)24-13-20(31)8-7-19(24)16-32)29(37)33-21-9-10-22(30(38)39)23(14-21)18(2)34-11-5-6-12-34/h7-10,13-15,17-18,26H,4-6,11-12H2,1-3H3,(H,33,37)(H,38,39). The van der Waals surface area contributed by atoms with Crippen molar-refractivity contribution in [3.63, 3.8) is 0 Å². The van der Waals surface area contributed by atoms with Crippen LogP contribution in [0.15, 0.2) is 53.5 Å². The van der Waals surface area contributed by atoms with E-state index in [1.165, 1.54) is 30.0 Å². The van der Waals surface area contributed by atoms with Crippen LogP contribution in [0.2, 0.25) is 5.02 Å². The topological polar surface area (TPSA) is 125 Å². The van der Waals surface area contributed by atoms with Gasteiger partial charge >= 0.3 is 5.97 Å². The number of carboxylic acid groups (broad SMARTS) is 1. The number of aromatic carboxylic acids is 1. The highest BCUT2D eigenvalue weighted by Crippen LogP contribution is 2.34. The monoisotopic (exact) mass is 562 g/mol. The van der Waals surface area contributed by atoms with Gasteiger partial charge in [0.1, 0.15) is 11.8 Å². The van der Waals surface area contributed by atoms with Crippen LogP contribution in [-0.2, 0) is 4.79 Å². The van der Waals surface area contributed by atoms with Gasteiger partial charge in [-0.05, 0) is 81.2 Å². The number of carboxylic acids is 1. The molecule has 40 heavy (non-hydrogen) atoms. The summed E-state index contributed by atoms with van der Waals surface area (Å²) in [6, 6.07) is 11.9. The second-order valence-corrected chi connectivity index (χ2v) is 10.2. The number of hydrogen-bond acceptors (Lipinski definition) is 6. The van der Waals surface area contributed by atoms with Crippen LogP contribution in [0.25, 0.3) is 11.1 Å². The first-order valence-corrected chi connectivity index (χ1v) is 13.5. The molecule has 1 amide bonds. The number of benzene rings is 2. The number of carbonyl (C=O) groups excluding carboxylic acids is 1. The van der Waals surface area contributed by atoms with Crippen LogP contribution in [0, 0.1) is 11.3 Å². The Labute approximate surface area is 237 Å². The molecule has 10 heteroatoms. The average molecular weight is 563 g/mol. The Kier molecular flexibility index (Phi) is 8.93. The van der Waals surface area contributed by atoms with Crippen LogP contribution >= 0.6 is 11.6 Å². The van der Waals surface area contributed by atoms with Crippen LogP contribution in [0.4, 0.5) is 5.69 Å². The van der Waals surface area contributed by atoms with Crippen LogP contribution in [0.5, 0.6) is 5.75 Å². The summed E-state index contributed by atoms with van der Waals surface area (Å²) in [5.74, 6) is -1.15. The van der Waals surface area contributed by atoms with Crippen LogP contribution in [0.1, 0.15) is 66.7 Å². The molecular weight excluding hydrogens is 532 g/mol. The van der Waals surface area contributed by atoms with Gasteiger partial charge in [0.25, 0.3) is 5.56 Å². The zero-order chi connectivity index (χ0) is 29.0. The second-order valence-electron chi connectivity index (χ2n) is 9.74. The van der Waals surface area contributed by atoms with Crippen molar-refractivity contribution in [1.82, 2.24) is 9.47 Å². The van der Waals surface area contributed by atoms with E-state index in [-0.39, 0.29) is 11.6 Å². The first-order chi connectivity index (χ1) is 19.2. The third kappa shape index (κ3) is 5.88. The molecule has 2 N–H and O–H groups in total. The minimum atomic E-state index is -1.02. The van der Waals surface area contributed by atoms with Gasteiger partial charge < -0.3 is 15.2 Å². The van der Waals surface area contributed by atoms with Gasteiger partial charge in [-0.1, -0.05) is 18.5 Å². The van der Waals surface area contributed by atoms with E-state index in [1.807, 2.05) is 6.92 Å². The molecule has 0 spiro atoms. The number of hydrogen-bond donors (Lipinski definition) is 2. The number of nitriles is 1. The maximum atomic E-state index is 13.5. The van der Waals surface area contributed by atoms with Gasteiger partial charge in [-0.15, -0.1) is 0 Å². The van der Waals surface area contributed by atoms with Crippen molar-refractivity contribution >= 4 is 29.2 Å². The number of pyridine rings is 1. The molecule has 1 saturated heterocycles. The molecule has 1 aromatic heterocycles. The number of nitrogens with zero attached hydrogens (tertiary/aromatic N) is 3. The fourth-order valence-electron chi connectivity index (χ4n) is 5.22. The Balaban J connectivity index is 1.67. The molecule has 1 fully saturated rings. The fraction of sp³-hybridized carbons (Fsp3) is 0.333. The zero-order valence-corrected chi connectivity index (χ0v) is 23.4. The Morgan fingerprint density at radius 2 is 1.88 bits per heavy atom. The largest absolute Gasteiger partial charge is 0.495 e. The summed E-state index contributed by atoms with van der Waals surface area (Å²) in [4.78, 5) is 40.9. The third-order valence-electron chi connectivity index (χ3n) is 7.37. The van der Waals surface area contributed by atoms with E-state index in [9.17, 15) is 24.8 Å². The molecule has 0 saturated carbocycles.